The van der Waals surface area contributed by atoms with Crippen molar-refractivity contribution in [3.8, 4) is 11.3 Å². The molecule has 1 aliphatic heterocycles. The third kappa shape index (κ3) is 5.38. The van der Waals surface area contributed by atoms with Crippen LogP contribution in [0.2, 0.25) is 0 Å². The number of aliphatic hydroxyl groups excluding tert-OH is 1. The summed E-state index contributed by atoms with van der Waals surface area (Å²) in [6, 6.07) is 7.15. The second-order valence-corrected chi connectivity index (χ2v) is 10.0. The molecule has 1 atom stereocenters. The average Bonchev–Trinajstić information content (AvgIpc) is 3.33. The van der Waals surface area contributed by atoms with Gasteiger partial charge in [-0.1, -0.05) is 24.3 Å². The number of halogens is 6. The van der Waals surface area contributed by atoms with Crippen molar-refractivity contribution in [3.63, 3.8) is 0 Å². The van der Waals surface area contributed by atoms with Gasteiger partial charge in [-0.25, -0.2) is 22.7 Å². The number of piperazine rings is 1. The maximum absolute atomic E-state index is 14.2. The van der Waals surface area contributed by atoms with E-state index in [-0.39, 0.29) is 60.8 Å². The number of benzene rings is 2. The summed E-state index contributed by atoms with van der Waals surface area (Å²) >= 11 is 0. The zero-order chi connectivity index (χ0) is 29.6. The molecule has 5 rings (SSSR count). The van der Waals surface area contributed by atoms with Gasteiger partial charge >= 0.3 is 6.18 Å². The maximum Gasteiger partial charge on any atom is 0.433 e. The van der Waals surface area contributed by atoms with Crippen molar-refractivity contribution in [2.45, 2.75) is 39.2 Å². The van der Waals surface area contributed by atoms with E-state index in [0.29, 0.717) is 21.7 Å². The van der Waals surface area contributed by atoms with Crippen LogP contribution < -0.4 is 0 Å². The van der Waals surface area contributed by atoms with E-state index in [2.05, 4.69) is 10.1 Å². The first-order chi connectivity index (χ1) is 19.4. The van der Waals surface area contributed by atoms with E-state index in [1.807, 2.05) is 0 Å². The molecule has 0 spiro atoms. The summed E-state index contributed by atoms with van der Waals surface area (Å²) in [6.07, 6.45) is -3.75. The predicted molar refractivity (Wildman–Crippen MR) is 136 cm³/mol. The van der Waals surface area contributed by atoms with Crippen LogP contribution in [0.4, 0.5) is 26.3 Å². The number of rotatable bonds is 5. The number of carbonyl (C=O) groups excluding carboxylic acids is 1. The highest BCUT2D eigenvalue weighted by Gasteiger charge is 2.39. The molecule has 1 N–H and O–H groups in total. The van der Waals surface area contributed by atoms with E-state index in [4.69, 9.17) is 0 Å². The fourth-order valence-corrected chi connectivity index (χ4v) is 5.20. The third-order valence-electron chi connectivity index (χ3n) is 7.23. The molecule has 2 aromatic carbocycles. The van der Waals surface area contributed by atoms with Gasteiger partial charge in [0.25, 0.3) is 5.91 Å². The third-order valence-corrected chi connectivity index (χ3v) is 7.23. The standard InChI is InChI=1S/C28H25F6N5O2/c1-15-12-37(13-19-9-20(29)10-22(30)23(19)31)7-8-38(15)27(41)21-11-35-39-25(28(32,33)34)16(2)24(36-26(21)39)18-5-3-17(14-40)4-6-18/h3-6,9-11,15,40H,7-8,12-14H2,1-2H3/t15-/m1/s1. The summed E-state index contributed by atoms with van der Waals surface area (Å²) in [4.78, 5) is 21.3. The van der Waals surface area contributed by atoms with Gasteiger partial charge in [0.1, 0.15) is 11.4 Å². The van der Waals surface area contributed by atoms with Crippen LogP contribution in [-0.4, -0.2) is 61.1 Å². The Labute approximate surface area is 230 Å². The number of hydrogen-bond acceptors (Lipinski definition) is 5. The number of alkyl halides is 3. The molecule has 4 aromatic rings. The Hall–Kier alpha value is -3.97. The zero-order valence-electron chi connectivity index (χ0n) is 22.0. The summed E-state index contributed by atoms with van der Waals surface area (Å²) in [5.74, 6) is -3.92. The van der Waals surface area contributed by atoms with E-state index >= 15 is 0 Å². The fraction of sp³-hybridized carbons (Fsp3) is 0.321. The van der Waals surface area contributed by atoms with E-state index < -0.39 is 41.3 Å². The molecule has 1 fully saturated rings. The Balaban J connectivity index is 1.46. The Morgan fingerprint density at radius 2 is 1.80 bits per heavy atom. The highest BCUT2D eigenvalue weighted by molar-refractivity contribution is 6.00. The summed E-state index contributed by atoms with van der Waals surface area (Å²) < 4.78 is 84.7. The zero-order valence-corrected chi connectivity index (χ0v) is 22.0. The van der Waals surface area contributed by atoms with Crippen LogP contribution in [0.3, 0.4) is 0 Å². The van der Waals surface area contributed by atoms with Crippen LogP contribution in [0.5, 0.6) is 0 Å². The van der Waals surface area contributed by atoms with E-state index in [0.717, 1.165) is 12.3 Å². The second kappa shape index (κ2) is 10.8. The minimum atomic E-state index is -4.80. The van der Waals surface area contributed by atoms with Crippen molar-refractivity contribution in [3.05, 3.63) is 88.0 Å². The minimum absolute atomic E-state index is 0.0195. The lowest BCUT2D eigenvalue weighted by Crippen LogP contribution is -2.53. The van der Waals surface area contributed by atoms with Gasteiger partial charge in [-0.2, -0.15) is 18.3 Å². The molecule has 0 bridgehead atoms. The summed E-state index contributed by atoms with van der Waals surface area (Å²) in [5, 5.41) is 13.2. The highest BCUT2D eigenvalue weighted by Crippen LogP contribution is 2.37. The monoisotopic (exact) mass is 577 g/mol. The van der Waals surface area contributed by atoms with Crippen molar-refractivity contribution in [1.29, 1.82) is 0 Å². The molecular weight excluding hydrogens is 552 g/mol. The molecule has 0 saturated carbocycles. The number of amides is 1. The summed E-state index contributed by atoms with van der Waals surface area (Å²) in [7, 11) is 0. The second-order valence-electron chi connectivity index (χ2n) is 10.0. The quantitative estimate of drug-likeness (QED) is 0.268. The van der Waals surface area contributed by atoms with Crippen LogP contribution in [0, 0.1) is 24.4 Å². The van der Waals surface area contributed by atoms with Gasteiger partial charge in [-0.3, -0.25) is 9.69 Å². The minimum Gasteiger partial charge on any atom is -0.392 e. The van der Waals surface area contributed by atoms with Gasteiger partial charge in [0.2, 0.25) is 0 Å². The molecule has 41 heavy (non-hydrogen) atoms. The van der Waals surface area contributed by atoms with Crippen molar-refractivity contribution < 1.29 is 36.2 Å². The van der Waals surface area contributed by atoms with Gasteiger partial charge in [-0.15, -0.1) is 0 Å². The number of hydrogen-bond donors (Lipinski definition) is 1. The van der Waals surface area contributed by atoms with Crippen LogP contribution in [-0.2, 0) is 19.3 Å². The smallest absolute Gasteiger partial charge is 0.392 e. The fourth-order valence-electron chi connectivity index (χ4n) is 5.20. The lowest BCUT2D eigenvalue weighted by atomic mass is 10.0. The molecule has 13 heteroatoms. The van der Waals surface area contributed by atoms with Crippen LogP contribution in [0.25, 0.3) is 16.9 Å². The average molecular weight is 578 g/mol. The van der Waals surface area contributed by atoms with Crippen molar-refractivity contribution in [2.24, 2.45) is 0 Å². The lowest BCUT2D eigenvalue weighted by molar-refractivity contribution is -0.143. The molecule has 1 saturated heterocycles. The van der Waals surface area contributed by atoms with Crippen LogP contribution >= 0.6 is 0 Å². The number of carbonyl (C=O) groups is 1. The molecule has 3 heterocycles. The SMILES string of the molecule is Cc1c(-c2ccc(CO)cc2)nc2c(C(=O)N3CCN(Cc4cc(F)cc(F)c4F)C[C@H]3C)cnn2c1C(F)(F)F. The number of aliphatic hydroxyl groups is 1. The molecule has 0 aliphatic carbocycles. The van der Waals surface area contributed by atoms with E-state index in [9.17, 15) is 36.2 Å². The molecule has 216 valence electrons. The molecule has 1 amide bonds. The largest absolute Gasteiger partial charge is 0.433 e. The number of nitrogens with zero attached hydrogens (tertiary/aromatic N) is 5. The van der Waals surface area contributed by atoms with Gasteiger partial charge in [-0.05, 0) is 25.5 Å². The number of fused-ring (bicyclic) bond motifs is 1. The summed E-state index contributed by atoms with van der Waals surface area (Å²) in [5.41, 5.74) is -0.820. The predicted octanol–water partition coefficient (Wildman–Crippen LogP) is 4.98. The van der Waals surface area contributed by atoms with Gasteiger partial charge in [0.15, 0.2) is 23.0 Å². The Kier molecular flexibility index (Phi) is 7.51. The molecule has 7 nitrogen and oxygen atoms in total. The Morgan fingerprint density at radius 1 is 1.10 bits per heavy atom. The van der Waals surface area contributed by atoms with Crippen LogP contribution in [0.1, 0.15) is 39.7 Å². The first-order valence-electron chi connectivity index (χ1n) is 12.7. The van der Waals surface area contributed by atoms with E-state index in [1.54, 1.807) is 36.1 Å². The highest BCUT2D eigenvalue weighted by atomic mass is 19.4. The number of aromatic nitrogens is 3. The maximum atomic E-state index is 14.2. The van der Waals surface area contributed by atoms with Gasteiger partial charge < -0.3 is 10.0 Å². The van der Waals surface area contributed by atoms with Crippen molar-refractivity contribution in [2.75, 3.05) is 19.6 Å². The lowest BCUT2D eigenvalue weighted by Gasteiger charge is -2.39. The first kappa shape index (κ1) is 28.6. The van der Waals surface area contributed by atoms with E-state index in [1.165, 1.54) is 11.8 Å². The van der Waals surface area contributed by atoms with Crippen molar-refractivity contribution >= 4 is 11.6 Å². The first-order valence-corrected chi connectivity index (χ1v) is 12.7. The normalized spacial score (nSPS) is 16.5. The molecule has 0 radical (unpaired) electrons. The summed E-state index contributed by atoms with van der Waals surface area (Å²) in [6.45, 7) is 3.26. The van der Waals surface area contributed by atoms with Gasteiger partial charge in [0, 0.05) is 55.0 Å². The Morgan fingerprint density at radius 3 is 2.44 bits per heavy atom. The molecular formula is C28H25F6N5O2. The molecule has 1 aliphatic rings. The van der Waals surface area contributed by atoms with Crippen LogP contribution in [0.15, 0.2) is 42.6 Å². The Bertz CT molecular complexity index is 1620. The molecule has 0 unspecified atom stereocenters. The van der Waals surface area contributed by atoms with Crippen molar-refractivity contribution in [1.82, 2.24) is 24.4 Å². The van der Waals surface area contributed by atoms with Gasteiger partial charge in [0.05, 0.1) is 18.5 Å². The topological polar surface area (TPSA) is 74.0 Å². The molecule has 2 aromatic heterocycles.